The number of hydrogen-bond acceptors (Lipinski definition) is 1. The van der Waals surface area contributed by atoms with Gasteiger partial charge in [-0.15, -0.1) is 0 Å². The number of fused-ring (bicyclic) bond motifs is 2. The maximum atomic E-state index is 5.91. The molecule has 0 N–H and O–H groups in total. The Morgan fingerprint density at radius 1 is 0.933 bits per heavy atom. The zero-order valence-corrected chi connectivity index (χ0v) is 8.66. The van der Waals surface area contributed by atoms with Gasteiger partial charge in [0.15, 0.2) is 0 Å². The van der Waals surface area contributed by atoms with Crippen molar-refractivity contribution < 1.29 is 4.74 Å². The average molecular weight is 196 g/mol. The van der Waals surface area contributed by atoms with Crippen molar-refractivity contribution in [3.63, 3.8) is 0 Å². The summed E-state index contributed by atoms with van der Waals surface area (Å²) in [6.07, 6.45) is 0.979. The SMILES string of the molecule is Cc1cccc2c1Oc1ccccc1C2. The molecule has 0 saturated heterocycles. The monoisotopic (exact) mass is 196 g/mol. The molecule has 2 aromatic rings. The molecule has 1 nitrogen and oxygen atoms in total. The molecular weight excluding hydrogens is 184 g/mol. The van der Waals surface area contributed by atoms with Gasteiger partial charge in [-0.1, -0.05) is 36.4 Å². The Morgan fingerprint density at radius 3 is 2.67 bits per heavy atom. The number of para-hydroxylation sites is 2. The first-order chi connectivity index (χ1) is 7.34. The second-order valence-electron chi connectivity index (χ2n) is 3.95. The minimum atomic E-state index is 0.979. The molecule has 2 aromatic carbocycles. The Balaban J connectivity index is 2.15. The quantitative estimate of drug-likeness (QED) is 0.532. The molecule has 3 rings (SSSR count). The van der Waals surface area contributed by atoms with Crippen LogP contribution < -0.4 is 4.74 Å². The smallest absolute Gasteiger partial charge is 0.133 e. The third kappa shape index (κ3) is 1.32. The lowest BCUT2D eigenvalue weighted by Crippen LogP contribution is -2.03. The van der Waals surface area contributed by atoms with Gasteiger partial charge in [0.1, 0.15) is 11.5 Å². The highest BCUT2D eigenvalue weighted by molar-refractivity contribution is 5.52. The van der Waals surface area contributed by atoms with Gasteiger partial charge in [0.25, 0.3) is 0 Å². The zero-order chi connectivity index (χ0) is 10.3. The van der Waals surface area contributed by atoms with Gasteiger partial charge in [-0.25, -0.2) is 0 Å². The molecule has 0 spiro atoms. The van der Waals surface area contributed by atoms with Crippen molar-refractivity contribution in [2.24, 2.45) is 0 Å². The minimum Gasteiger partial charge on any atom is -0.456 e. The summed E-state index contributed by atoms with van der Waals surface area (Å²) < 4.78 is 5.91. The molecule has 1 aliphatic rings. The van der Waals surface area contributed by atoms with Crippen LogP contribution in [0.2, 0.25) is 0 Å². The maximum absolute atomic E-state index is 5.91. The molecule has 1 aliphatic heterocycles. The van der Waals surface area contributed by atoms with Crippen LogP contribution in [0.25, 0.3) is 0 Å². The standard InChI is InChI=1S/C14H12O/c1-10-5-4-7-12-9-11-6-2-3-8-13(11)15-14(10)12/h2-8H,9H2,1H3. The molecule has 15 heavy (non-hydrogen) atoms. The normalized spacial score (nSPS) is 12.6. The van der Waals surface area contributed by atoms with Gasteiger partial charge in [0.05, 0.1) is 0 Å². The summed E-state index contributed by atoms with van der Waals surface area (Å²) in [6.45, 7) is 2.09. The highest BCUT2D eigenvalue weighted by atomic mass is 16.5. The zero-order valence-electron chi connectivity index (χ0n) is 8.66. The number of benzene rings is 2. The predicted octanol–water partition coefficient (Wildman–Crippen LogP) is 3.69. The van der Waals surface area contributed by atoms with E-state index in [2.05, 4.69) is 37.3 Å². The Labute approximate surface area is 89.3 Å². The van der Waals surface area contributed by atoms with Crippen molar-refractivity contribution in [1.82, 2.24) is 0 Å². The molecule has 0 aliphatic carbocycles. The van der Waals surface area contributed by atoms with Crippen molar-refractivity contribution in [1.29, 1.82) is 0 Å². The molecule has 0 amide bonds. The Kier molecular flexibility index (Phi) is 1.78. The molecule has 0 radical (unpaired) electrons. The van der Waals surface area contributed by atoms with Crippen LogP contribution in [0.4, 0.5) is 0 Å². The van der Waals surface area contributed by atoms with Crippen molar-refractivity contribution in [2.75, 3.05) is 0 Å². The van der Waals surface area contributed by atoms with E-state index in [1.807, 2.05) is 12.1 Å². The van der Waals surface area contributed by atoms with Crippen LogP contribution in [0.3, 0.4) is 0 Å². The molecule has 0 saturated carbocycles. The third-order valence-electron chi connectivity index (χ3n) is 2.86. The molecule has 0 aromatic heterocycles. The highest BCUT2D eigenvalue weighted by Gasteiger charge is 2.17. The Bertz CT molecular complexity index is 514. The van der Waals surface area contributed by atoms with E-state index in [1.165, 1.54) is 16.7 Å². The second kappa shape index (κ2) is 3.13. The van der Waals surface area contributed by atoms with E-state index in [0.717, 1.165) is 17.9 Å². The topological polar surface area (TPSA) is 9.23 Å². The third-order valence-corrected chi connectivity index (χ3v) is 2.86. The summed E-state index contributed by atoms with van der Waals surface area (Å²) in [4.78, 5) is 0. The van der Waals surface area contributed by atoms with Crippen molar-refractivity contribution in [3.8, 4) is 11.5 Å². The summed E-state index contributed by atoms with van der Waals surface area (Å²) in [7, 11) is 0. The molecule has 1 heteroatoms. The number of hydrogen-bond donors (Lipinski definition) is 0. The molecule has 0 fully saturated rings. The Hall–Kier alpha value is -1.76. The van der Waals surface area contributed by atoms with Crippen molar-refractivity contribution in [2.45, 2.75) is 13.3 Å². The lowest BCUT2D eigenvalue weighted by Gasteiger charge is -2.21. The van der Waals surface area contributed by atoms with Gasteiger partial charge in [0, 0.05) is 6.42 Å². The van der Waals surface area contributed by atoms with Gasteiger partial charge in [0.2, 0.25) is 0 Å². The van der Waals surface area contributed by atoms with E-state index in [9.17, 15) is 0 Å². The maximum Gasteiger partial charge on any atom is 0.133 e. The largest absolute Gasteiger partial charge is 0.456 e. The van der Waals surface area contributed by atoms with Gasteiger partial charge in [-0.3, -0.25) is 0 Å². The molecular formula is C14H12O. The number of rotatable bonds is 0. The van der Waals surface area contributed by atoms with E-state index in [4.69, 9.17) is 4.74 Å². The van der Waals surface area contributed by atoms with Gasteiger partial charge in [-0.2, -0.15) is 0 Å². The molecule has 1 heterocycles. The Morgan fingerprint density at radius 2 is 1.73 bits per heavy atom. The summed E-state index contributed by atoms with van der Waals surface area (Å²) in [5.41, 5.74) is 3.77. The first-order valence-electron chi connectivity index (χ1n) is 5.19. The van der Waals surface area contributed by atoms with Crippen LogP contribution in [0.5, 0.6) is 11.5 Å². The summed E-state index contributed by atoms with van der Waals surface area (Å²) in [6, 6.07) is 14.5. The lowest BCUT2D eigenvalue weighted by atomic mass is 9.98. The fourth-order valence-electron chi connectivity index (χ4n) is 2.06. The van der Waals surface area contributed by atoms with Crippen molar-refractivity contribution >= 4 is 0 Å². The van der Waals surface area contributed by atoms with E-state index in [1.54, 1.807) is 0 Å². The second-order valence-corrected chi connectivity index (χ2v) is 3.95. The van der Waals surface area contributed by atoms with Crippen LogP contribution in [-0.2, 0) is 6.42 Å². The average Bonchev–Trinajstić information content (AvgIpc) is 2.27. The van der Waals surface area contributed by atoms with Crippen LogP contribution in [0, 0.1) is 6.92 Å². The summed E-state index contributed by atoms with van der Waals surface area (Å²) in [5, 5.41) is 0. The van der Waals surface area contributed by atoms with E-state index in [-0.39, 0.29) is 0 Å². The van der Waals surface area contributed by atoms with Crippen LogP contribution >= 0.6 is 0 Å². The molecule has 0 unspecified atom stereocenters. The fraction of sp³-hybridized carbons (Fsp3) is 0.143. The molecule has 74 valence electrons. The van der Waals surface area contributed by atoms with E-state index >= 15 is 0 Å². The minimum absolute atomic E-state index is 0.979. The van der Waals surface area contributed by atoms with Gasteiger partial charge in [-0.05, 0) is 29.7 Å². The fourth-order valence-corrected chi connectivity index (χ4v) is 2.06. The van der Waals surface area contributed by atoms with E-state index in [0.29, 0.717) is 0 Å². The first-order valence-corrected chi connectivity index (χ1v) is 5.19. The molecule has 0 atom stereocenters. The number of ether oxygens (including phenoxy) is 1. The van der Waals surface area contributed by atoms with Crippen LogP contribution in [-0.4, -0.2) is 0 Å². The van der Waals surface area contributed by atoms with Crippen molar-refractivity contribution in [3.05, 3.63) is 59.2 Å². The predicted molar refractivity (Wildman–Crippen MR) is 60.5 cm³/mol. The highest BCUT2D eigenvalue weighted by Crippen LogP contribution is 2.37. The lowest BCUT2D eigenvalue weighted by molar-refractivity contribution is 0.456. The van der Waals surface area contributed by atoms with Gasteiger partial charge >= 0.3 is 0 Å². The summed E-state index contributed by atoms with van der Waals surface area (Å²) in [5.74, 6) is 2.04. The van der Waals surface area contributed by atoms with Gasteiger partial charge < -0.3 is 4.74 Å². The first kappa shape index (κ1) is 8.54. The molecule has 0 bridgehead atoms. The van der Waals surface area contributed by atoms with Crippen LogP contribution in [0.1, 0.15) is 16.7 Å². The number of aryl methyl sites for hydroxylation is 1. The van der Waals surface area contributed by atoms with E-state index < -0.39 is 0 Å². The van der Waals surface area contributed by atoms with Crippen LogP contribution in [0.15, 0.2) is 42.5 Å². The summed E-state index contributed by atoms with van der Waals surface area (Å²) >= 11 is 0.